The van der Waals surface area contributed by atoms with E-state index in [2.05, 4.69) is 15.3 Å². The van der Waals surface area contributed by atoms with E-state index < -0.39 is 11.6 Å². The fourth-order valence-electron chi connectivity index (χ4n) is 2.60. The minimum absolute atomic E-state index is 0.128. The molecule has 0 amide bonds. The lowest BCUT2D eigenvalue weighted by molar-refractivity contribution is 0.509. The Kier molecular flexibility index (Phi) is 3.53. The third-order valence-electron chi connectivity index (χ3n) is 3.77. The maximum atomic E-state index is 13.4. The molecule has 0 spiro atoms. The van der Waals surface area contributed by atoms with E-state index in [9.17, 15) is 8.78 Å². The molecule has 25 heavy (non-hydrogen) atoms. The van der Waals surface area contributed by atoms with Crippen molar-refractivity contribution in [2.75, 3.05) is 11.1 Å². The molecule has 0 unspecified atom stereocenters. The normalized spacial score (nSPS) is 11.0. The number of hydrogen-bond acceptors (Lipinski definition) is 5. The molecule has 4 rings (SSSR count). The van der Waals surface area contributed by atoms with Crippen LogP contribution < -0.4 is 11.1 Å². The van der Waals surface area contributed by atoms with Gasteiger partial charge in [0.15, 0.2) is 17.2 Å². The van der Waals surface area contributed by atoms with Gasteiger partial charge >= 0.3 is 0 Å². The maximum absolute atomic E-state index is 13.4. The van der Waals surface area contributed by atoms with Crippen molar-refractivity contribution in [3.05, 3.63) is 66.6 Å². The fourth-order valence-corrected chi connectivity index (χ4v) is 2.60. The molecular formula is C18H12F2N4O. The summed E-state index contributed by atoms with van der Waals surface area (Å²) in [5.74, 6) is -1.74. The van der Waals surface area contributed by atoms with Crippen LogP contribution in [0.3, 0.4) is 0 Å². The van der Waals surface area contributed by atoms with Crippen LogP contribution in [0.2, 0.25) is 0 Å². The summed E-state index contributed by atoms with van der Waals surface area (Å²) in [5.41, 5.74) is 8.75. The van der Waals surface area contributed by atoms with Gasteiger partial charge in [-0.05, 0) is 30.3 Å². The molecule has 0 aliphatic rings. The molecule has 3 aromatic heterocycles. The molecule has 0 aliphatic heterocycles. The number of anilines is 3. The second kappa shape index (κ2) is 5.86. The van der Waals surface area contributed by atoms with Crippen LogP contribution in [-0.4, -0.2) is 9.97 Å². The van der Waals surface area contributed by atoms with Gasteiger partial charge in [0.05, 0.1) is 5.39 Å². The molecular weight excluding hydrogens is 326 g/mol. The number of nitrogens with zero attached hydrogens (tertiary/aromatic N) is 2. The first kappa shape index (κ1) is 15.1. The minimum Gasteiger partial charge on any atom is -0.436 e. The number of rotatable bonds is 3. The Morgan fingerprint density at radius 3 is 2.52 bits per heavy atom. The molecule has 4 aromatic rings. The number of fused-ring (bicyclic) bond motifs is 1. The van der Waals surface area contributed by atoms with Crippen LogP contribution in [0.1, 0.15) is 0 Å². The molecule has 7 heteroatoms. The summed E-state index contributed by atoms with van der Waals surface area (Å²) in [7, 11) is 0. The van der Waals surface area contributed by atoms with E-state index in [1.54, 1.807) is 24.7 Å². The number of aromatic nitrogens is 2. The van der Waals surface area contributed by atoms with Gasteiger partial charge in [-0.2, -0.15) is 0 Å². The lowest BCUT2D eigenvalue weighted by atomic mass is 10.1. The summed E-state index contributed by atoms with van der Waals surface area (Å²) in [6.07, 6.45) is 4.94. The van der Waals surface area contributed by atoms with Gasteiger partial charge in [0.2, 0.25) is 5.88 Å². The number of hydrogen-bond donors (Lipinski definition) is 2. The van der Waals surface area contributed by atoms with Gasteiger partial charge in [-0.15, -0.1) is 0 Å². The molecule has 0 bridgehead atoms. The van der Waals surface area contributed by atoms with Gasteiger partial charge in [-0.1, -0.05) is 0 Å². The summed E-state index contributed by atoms with van der Waals surface area (Å²) < 4.78 is 32.2. The van der Waals surface area contributed by atoms with Gasteiger partial charge in [0.1, 0.15) is 11.4 Å². The molecule has 3 heterocycles. The van der Waals surface area contributed by atoms with Gasteiger partial charge in [0.25, 0.3) is 0 Å². The van der Waals surface area contributed by atoms with E-state index in [-0.39, 0.29) is 5.88 Å². The van der Waals surface area contributed by atoms with Gasteiger partial charge in [-0.25, -0.2) is 8.78 Å². The highest BCUT2D eigenvalue weighted by molar-refractivity contribution is 6.03. The molecule has 124 valence electrons. The quantitative estimate of drug-likeness (QED) is 0.575. The summed E-state index contributed by atoms with van der Waals surface area (Å²) in [5, 5.41) is 3.66. The summed E-state index contributed by atoms with van der Waals surface area (Å²) in [6, 6.07) is 8.87. The van der Waals surface area contributed by atoms with E-state index >= 15 is 0 Å². The summed E-state index contributed by atoms with van der Waals surface area (Å²) in [6.45, 7) is 0. The number of nitrogens with two attached hydrogens (primary N) is 1. The molecule has 1 aromatic carbocycles. The molecule has 0 aliphatic carbocycles. The number of furan rings is 1. The zero-order valence-corrected chi connectivity index (χ0v) is 12.8. The predicted octanol–water partition coefficient (Wildman–Crippen LogP) is 4.49. The molecule has 0 fully saturated rings. The van der Waals surface area contributed by atoms with Crippen molar-refractivity contribution in [2.24, 2.45) is 0 Å². The maximum Gasteiger partial charge on any atom is 0.215 e. The number of halogens is 2. The van der Waals surface area contributed by atoms with Crippen LogP contribution in [-0.2, 0) is 0 Å². The van der Waals surface area contributed by atoms with Crippen molar-refractivity contribution in [3.63, 3.8) is 0 Å². The molecule has 3 N–H and O–H groups in total. The van der Waals surface area contributed by atoms with E-state index in [0.29, 0.717) is 28.0 Å². The van der Waals surface area contributed by atoms with Crippen molar-refractivity contribution >= 4 is 28.2 Å². The Labute approximate surface area is 141 Å². The summed E-state index contributed by atoms with van der Waals surface area (Å²) >= 11 is 0. The van der Waals surface area contributed by atoms with Crippen LogP contribution in [0.25, 0.3) is 22.2 Å². The van der Waals surface area contributed by atoms with Gasteiger partial charge in [0, 0.05) is 35.9 Å². The lowest BCUT2D eigenvalue weighted by Crippen LogP contribution is -1.95. The van der Waals surface area contributed by atoms with Crippen molar-refractivity contribution < 1.29 is 13.2 Å². The highest BCUT2D eigenvalue weighted by atomic mass is 19.2. The highest BCUT2D eigenvalue weighted by Crippen LogP contribution is 2.38. The van der Waals surface area contributed by atoms with E-state index in [1.807, 2.05) is 12.1 Å². The smallest absolute Gasteiger partial charge is 0.215 e. The average Bonchev–Trinajstić information content (AvgIpc) is 2.94. The monoisotopic (exact) mass is 338 g/mol. The largest absolute Gasteiger partial charge is 0.436 e. The van der Waals surface area contributed by atoms with Crippen LogP contribution in [0, 0.1) is 11.6 Å². The third kappa shape index (κ3) is 2.65. The Balaban J connectivity index is 1.83. The first-order chi connectivity index (χ1) is 12.1. The second-order valence-electron chi connectivity index (χ2n) is 5.37. The Morgan fingerprint density at radius 2 is 1.76 bits per heavy atom. The molecule has 0 saturated heterocycles. The molecule has 0 atom stereocenters. The van der Waals surface area contributed by atoms with E-state index in [0.717, 1.165) is 17.7 Å². The second-order valence-corrected chi connectivity index (χ2v) is 5.37. The summed E-state index contributed by atoms with van der Waals surface area (Å²) in [4.78, 5) is 8.33. The number of nitrogen functional groups attached to an aromatic ring is 1. The van der Waals surface area contributed by atoms with Crippen molar-refractivity contribution in [1.29, 1.82) is 0 Å². The van der Waals surface area contributed by atoms with Crippen LogP contribution in [0.4, 0.5) is 26.0 Å². The van der Waals surface area contributed by atoms with Crippen LogP contribution in [0.5, 0.6) is 0 Å². The van der Waals surface area contributed by atoms with Gasteiger partial charge in [-0.3, -0.25) is 9.97 Å². The number of nitrogens with one attached hydrogen (secondary N) is 1. The molecule has 5 nitrogen and oxygen atoms in total. The van der Waals surface area contributed by atoms with E-state index in [4.69, 9.17) is 10.2 Å². The third-order valence-corrected chi connectivity index (χ3v) is 3.77. The number of pyridine rings is 2. The Morgan fingerprint density at radius 1 is 0.960 bits per heavy atom. The average molecular weight is 338 g/mol. The first-order valence-corrected chi connectivity index (χ1v) is 7.43. The Hall–Kier alpha value is -3.48. The molecule has 0 saturated carbocycles. The highest BCUT2D eigenvalue weighted by Gasteiger charge is 2.17. The van der Waals surface area contributed by atoms with Gasteiger partial charge < -0.3 is 15.5 Å². The molecule has 0 radical (unpaired) electrons. The van der Waals surface area contributed by atoms with E-state index in [1.165, 1.54) is 6.07 Å². The van der Waals surface area contributed by atoms with Crippen molar-refractivity contribution in [1.82, 2.24) is 9.97 Å². The number of benzene rings is 1. The fraction of sp³-hybridized carbons (Fsp3) is 0. The van der Waals surface area contributed by atoms with Crippen LogP contribution >= 0.6 is 0 Å². The standard InChI is InChI=1S/C18H12F2N4O/c19-13-2-1-11(9-14(13)20)24-16-12-5-8-23-15(17(12)25-18(16)21)10-3-6-22-7-4-10/h1-9,24H,21H2. The van der Waals surface area contributed by atoms with Crippen molar-refractivity contribution in [2.45, 2.75) is 0 Å². The first-order valence-electron chi connectivity index (χ1n) is 7.43. The lowest BCUT2D eigenvalue weighted by Gasteiger charge is -2.06. The van der Waals surface area contributed by atoms with Crippen molar-refractivity contribution in [3.8, 4) is 11.3 Å². The SMILES string of the molecule is Nc1oc2c(-c3ccncc3)nccc2c1Nc1ccc(F)c(F)c1. The zero-order chi connectivity index (χ0) is 17.4. The Bertz CT molecular complexity index is 1060. The minimum atomic E-state index is -0.949. The zero-order valence-electron chi connectivity index (χ0n) is 12.8. The predicted molar refractivity (Wildman–Crippen MR) is 91.3 cm³/mol. The topological polar surface area (TPSA) is 77.0 Å². The van der Waals surface area contributed by atoms with Crippen LogP contribution in [0.15, 0.2) is 59.4 Å².